The van der Waals surface area contributed by atoms with Crippen molar-refractivity contribution in [1.29, 1.82) is 0 Å². The molecule has 100 valence electrons. The summed E-state index contributed by atoms with van der Waals surface area (Å²) in [5.41, 5.74) is 1.47. The van der Waals surface area contributed by atoms with Gasteiger partial charge in [-0.25, -0.2) is 0 Å². The third-order valence-corrected chi connectivity index (χ3v) is 3.09. The summed E-state index contributed by atoms with van der Waals surface area (Å²) in [5.74, 6) is 0.731. The number of benzene rings is 1. The minimum atomic E-state index is -0.0484. The highest BCUT2D eigenvalue weighted by Gasteiger charge is 2.23. The maximum Gasteiger partial charge on any atom is 0.269 e. The standard InChI is InChI=1S/C14H16N2O3/c1-16(2)14(17)12-6-10-11(15-12)4-3-5-13(10)19-8-9-7-18-9/h3-6,9,15H,7-8H2,1-2H3. The summed E-state index contributed by atoms with van der Waals surface area (Å²) >= 11 is 0. The summed E-state index contributed by atoms with van der Waals surface area (Å²) in [7, 11) is 3.46. The average Bonchev–Trinajstić information content (AvgIpc) is 3.12. The summed E-state index contributed by atoms with van der Waals surface area (Å²) in [4.78, 5) is 16.6. The SMILES string of the molecule is CN(C)C(=O)c1cc2c(OCC3CO3)cccc2[nH]1. The third kappa shape index (κ3) is 2.42. The number of epoxide rings is 1. The van der Waals surface area contributed by atoms with Gasteiger partial charge < -0.3 is 19.4 Å². The van der Waals surface area contributed by atoms with Gasteiger partial charge in [0.1, 0.15) is 24.2 Å². The minimum Gasteiger partial charge on any atom is -0.490 e. The van der Waals surface area contributed by atoms with Crippen molar-refractivity contribution in [3.8, 4) is 5.75 Å². The van der Waals surface area contributed by atoms with Crippen LogP contribution in [0.2, 0.25) is 0 Å². The van der Waals surface area contributed by atoms with Gasteiger partial charge in [0.05, 0.1) is 6.61 Å². The number of aromatic amines is 1. The van der Waals surface area contributed by atoms with Gasteiger partial charge in [-0.2, -0.15) is 0 Å². The zero-order chi connectivity index (χ0) is 13.4. The molecule has 1 unspecified atom stereocenters. The molecule has 5 nitrogen and oxygen atoms in total. The Morgan fingerprint density at radius 3 is 3.00 bits per heavy atom. The predicted molar refractivity (Wildman–Crippen MR) is 71.6 cm³/mol. The van der Waals surface area contributed by atoms with Gasteiger partial charge in [0.2, 0.25) is 0 Å². The fraction of sp³-hybridized carbons (Fsp3) is 0.357. The number of nitrogens with one attached hydrogen (secondary N) is 1. The summed E-state index contributed by atoms with van der Waals surface area (Å²) in [5, 5.41) is 0.924. The smallest absolute Gasteiger partial charge is 0.269 e. The monoisotopic (exact) mass is 260 g/mol. The molecule has 1 N–H and O–H groups in total. The van der Waals surface area contributed by atoms with Crippen LogP contribution in [0.3, 0.4) is 0 Å². The second-order valence-electron chi connectivity index (χ2n) is 4.87. The van der Waals surface area contributed by atoms with E-state index < -0.39 is 0 Å². The van der Waals surface area contributed by atoms with Gasteiger partial charge in [-0.1, -0.05) is 6.07 Å². The maximum absolute atomic E-state index is 11.9. The molecule has 0 spiro atoms. The van der Waals surface area contributed by atoms with Gasteiger partial charge in [0.15, 0.2) is 0 Å². The van der Waals surface area contributed by atoms with E-state index in [1.807, 2.05) is 24.3 Å². The Bertz CT molecular complexity index is 614. The quantitative estimate of drug-likeness (QED) is 0.850. The van der Waals surface area contributed by atoms with Crippen molar-refractivity contribution < 1.29 is 14.3 Å². The Kier molecular flexibility index (Phi) is 2.91. The first-order valence-corrected chi connectivity index (χ1v) is 6.23. The first-order chi connectivity index (χ1) is 9.15. The van der Waals surface area contributed by atoms with E-state index in [0.29, 0.717) is 12.3 Å². The summed E-state index contributed by atoms with van der Waals surface area (Å²) in [6.07, 6.45) is 0.220. The maximum atomic E-state index is 11.9. The van der Waals surface area contributed by atoms with E-state index in [1.54, 1.807) is 19.0 Å². The number of hydrogen-bond acceptors (Lipinski definition) is 3. The normalized spacial score (nSPS) is 17.5. The van der Waals surface area contributed by atoms with Crippen LogP contribution in [-0.2, 0) is 4.74 Å². The third-order valence-electron chi connectivity index (χ3n) is 3.09. The summed E-state index contributed by atoms with van der Waals surface area (Å²) in [6.45, 7) is 1.33. The number of H-pyrrole nitrogens is 1. The van der Waals surface area contributed by atoms with Crippen LogP contribution in [0.15, 0.2) is 24.3 Å². The highest BCUT2D eigenvalue weighted by Crippen LogP contribution is 2.27. The minimum absolute atomic E-state index is 0.0484. The molecule has 0 aliphatic carbocycles. The predicted octanol–water partition coefficient (Wildman–Crippen LogP) is 1.65. The molecule has 1 atom stereocenters. The first-order valence-electron chi connectivity index (χ1n) is 6.23. The van der Waals surface area contributed by atoms with Gasteiger partial charge in [-0.05, 0) is 18.2 Å². The fourth-order valence-corrected chi connectivity index (χ4v) is 1.96. The molecule has 2 heterocycles. The Labute approximate surface area is 111 Å². The largest absolute Gasteiger partial charge is 0.490 e. The number of nitrogens with zero attached hydrogens (tertiary/aromatic N) is 1. The number of rotatable bonds is 4. The molecular weight excluding hydrogens is 244 g/mol. The van der Waals surface area contributed by atoms with E-state index in [0.717, 1.165) is 23.3 Å². The van der Waals surface area contributed by atoms with Crippen molar-refractivity contribution in [2.75, 3.05) is 27.3 Å². The Morgan fingerprint density at radius 2 is 2.32 bits per heavy atom. The van der Waals surface area contributed by atoms with Gasteiger partial charge >= 0.3 is 0 Å². The van der Waals surface area contributed by atoms with Crippen LogP contribution in [0.1, 0.15) is 10.5 Å². The number of amides is 1. The van der Waals surface area contributed by atoms with E-state index in [9.17, 15) is 4.79 Å². The van der Waals surface area contributed by atoms with E-state index >= 15 is 0 Å². The highest BCUT2D eigenvalue weighted by atomic mass is 16.6. The highest BCUT2D eigenvalue weighted by molar-refractivity contribution is 5.99. The molecule has 1 amide bonds. The Balaban J connectivity index is 1.92. The second kappa shape index (κ2) is 4.59. The number of fused-ring (bicyclic) bond motifs is 1. The van der Waals surface area contributed by atoms with E-state index in [-0.39, 0.29) is 12.0 Å². The summed E-state index contributed by atoms with van der Waals surface area (Å²) < 4.78 is 10.9. The zero-order valence-electron chi connectivity index (χ0n) is 11.0. The molecule has 5 heteroatoms. The molecule has 1 aliphatic rings. The summed E-state index contributed by atoms with van der Waals surface area (Å²) in [6, 6.07) is 7.58. The fourth-order valence-electron chi connectivity index (χ4n) is 1.96. The van der Waals surface area contributed by atoms with Crippen molar-refractivity contribution in [3.63, 3.8) is 0 Å². The van der Waals surface area contributed by atoms with Crippen LogP contribution >= 0.6 is 0 Å². The van der Waals surface area contributed by atoms with Crippen LogP contribution in [-0.4, -0.2) is 49.2 Å². The molecule has 1 aliphatic heterocycles. The molecule has 3 rings (SSSR count). The van der Waals surface area contributed by atoms with Crippen LogP contribution in [0.5, 0.6) is 5.75 Å². The number of aromatic nitrogens is 1. The lowest BCUT2D eigenvalue weighted by molar-refractivity contribution is 0.0823. The van der Waals surface area contributed by atoms with Crippen LogP contribution < -0.4 is 4.74 Å². The molecule has 1 aromatic heterocycles. The Hall–Kier alpha value is -2.01. The first kappa shape index (κ1) is 12.0. The average molecular weight is 260 g/mol. The van der Waals surface area contributed by atoms with E-state index in [2.05, 4.69) is 4.98 Å². The second-order valence-corrected chi connectivity index (χ2v) is 4.87. The molecular formula is C14H16N2O3. The Morgan fingerprint density at radius 1 is 1.53 bits per heavy atom. The molecule has 1 fully saturated rings. The molecule has 0 radical (unpaired) electrons. The van der Waals surface area contributed by atoms with Crippen molar-refractivity contribution in [1.82, 2.24) is 9.88 Å². The lowest BCUT2D eigenvalue weighted by Crippen LogP contribution is -2.21. The van der Waals surface area contributed by atoms with E-state index in [1.165, 1.54) is 0 Å². The molecule has 19 heavy (non-hydrogen) atoms. The van der Waals surface area contributed by atoms with Gasteiger partial charge in [0, 0.05) is 25.0 Å². The van der Waals surface area contributed by atoms with Crippen molar-refractivity contribution in [2.24, 2.45) is 0 Å². The zero-order valence-corrected chi connectivity index (χ0v) is 11.0. The molecule has 0 bridgehead atoms. The lowest BCUT2D eigenvalue weighted by atomic mass is 10.2. The molecule has 1 saturated heterocycles. The lowest BCUT2D eigenvalue weighted by Gasteiger charge is -2.07. The van der Waals surface area contributed by atoms with Crippen LogP contribution in [0, 0.1) is 0 Å². The van der Waals surface area contributed by atoms with Crippen LogP contribution in [0.4, 0.5) is 0 Å². The van der Waals surface area contributed by atoms with Crippen LogP contribution in [0.25, 0.3) is 10.9 Å². The van der Waals surface area contributed by atoms with Gasteiger partial charge in [0.25, 0.3) is 5.91 Å². The number of hydrogen-bond donors (Lipinski definition) is 1. The van der Waals surface area contributed by atoms with Crippen molar-refractivity contribution in [3.05, 3.63) is 30.0 Å². The molecule has 1 aromatic carbocycles. The van der Waals surface area contributed by atoms with Crippen molar-refractivity contribution >= 4 is 16.8 Å². The number of carbonyl (C=O) groups is 1. The number of carbonyl (C=O) groups excluding carboxylic acids is 1. The van der Waals surface area contributed by atoms with Gasteiger partial charge in [-0.15, -0.1) is 0 Å². The van der Waals surface area contributed by atoms with Gasteiger partial charge in [-0.3, -0.25) is 4.79 Å². The molecule has 2 aromatic rings. The van der Waals surface area contributed by atoms with E-state index in [4.69, 9.17) is 9.47 Å². The van der Waals surface area contributed by atoms with Crippen molar-refractivity contribution in [2.45, 2.75) is 6.10 Å². The molecule has 0 saturated carbocycles. The number of ether oxygens (including phenoxy) is 2. The topological polar surface area (TPSA) is 57.9 Å².